The number of nitrogens with one attached hydrogen (secondary N) is 1. The Balaban J connectivity index is 2.08. The van der Waals surface area contributed by atoms with E-state index in [0.717, 1.165) is 17.3 Å². The van der Waals surface area contributed by atoms with E-state index in [-0.39, 0.29) is 17.7 Å². The van der Waals surface area contributed by atoms with Gasteiger partial charge in [-0.15, -0.1) is 0 Å². The predicted octanol–water partition coefficient (Wildman–Crippen LogP) is 2.37. The molecule has 2 aromatic rings. The maximum absolute atomic E-state index is 13.3. The van der Waals surface area contributed by atoms with Crippen molar-refractivity contribution in [3.63, 3.8) is 0 Å². The zero-order valence-electron chi connectivity index (χ0n) is 9.40. The lowest BCUT2D eigenvalue weighted by atomic mass is 10.1. The first-order chi connectivity index (χ1) is 8.69. The summed E-state index contributed by atoms with van der Waals surface area (Å²) in [6.07, 6.45) is 1.02. The van der Waals surface area contributed by atoms with Crippen molar-refractivity contribution in [2.45, 2.75) is 13.2 Å². The van der Waals surface area contributed by atoms with Crippen LogP contribution in [0, 0.1) is 5.82 Å². The van der Waals surface area contributed by atoms with Crippen molar-refractivity contribution in [1.82, 2.24) is 9.97 Å². The van der Waals surface area contributed by atoms with Gasteiger partial charge in [0.1, 0.15) is 0 Å². The van der Waals surface area contributed by atoms with E-state index in [1.807, 2.05) is 24.3 Å². The van der Waals surface area contributed by atoms with Gasteiger partial charge in [-0.05, 0) is 22.7 Å². The number of aromatic nitrogens is 2. The van der Waals surface area contributed by atoms with E-state index in [1.54, 1.807) is 0 Å². The van der Waals surface area contributed by atoms with Crippen LogP contribution in [0.15, 0.2) is 30.5 Å². The molecule has 2 rings (SSSR count). The number of halogens is 2. The van der Waals surface area contributed by atoms with Crippen LogP contribution in [0.2, 0.25) is 5.28 Å². The molecule has 0 fully saturated rings. The molecule has 94 valence electrons. The number of hydrogen-bond acceptors (Lipinski definition) is 4. The first-order valence-corrected chi connectivity index (χ1v) is 5.67. The Kier molecular flexibility index (Phi) is 4.07. The Hall–Kier alpha value is -1.72. The summed E-state index contributed by atoms with van der Waals surface area (Å²) in [6.45, 7) is 0.361. The van der Waals surface area contributed by atoms with Crippen LogP contribution in [-0.4, -0.2) is 15.1 Å². The minimum atomic E-state index is -0.558. The number of anilines is 1. The molecule has 0 aliphatic carbocycles. The van der Waals surface area contributed by atoms with E-state index in [0.29, 0.717) is 6.54 Å². The van der Waals surface area contributed by atoms with Crippen LogP contribution in [-0.2, 0) is 13.2 Å². The van der Waals surface area contributed by atoms with Crippen LogP contribution in [0.3, 0.4) is 0 Å². The first-order valence-electron chi connectivity index (χ1n) is 5.29. The summed E-state index contributed by atoms with van der Waals surface area (Å²) >= 11 is 5.58. The summed E-state index contributed by atoms with van der Waals surface area (Å²) in [5, 5.41) is 11.8. The number of aliphatic hydroxyl groups excluding tert-OH is 1. The lowest BCUT2D eigenvalue weighted by Crippen LogP contribution is -2.05. The number of aliphatic hydroxyl groups is 1. The second-order valence-electron chi connectivity index (χ2n) is 3.67. The molecular weight excluding hydrogens is 257 g/mol. The van der Waals surface area contributed by atoms with Crippen LogP contribution in [0.5, 0.6) is 0 Å². The summed E-state index contributed by atoms with van der Waals surface area (Å²) in [6, 6.07) is 7.33. The van der Waals surface area contributed by atoms with Gasteiger partial charge in [-0.3, -0.25) is 0 Å². The van der Waals surface area contributed by atoms with E-state index in [1.165, 1.54) is 0 Å². The van der Waals surface area contributed by atoms with E-state index in [4.69, 9.17) is 16.7 Å². The fraction of sp³-hybridized carbons (Fsp3) is 0.167. The normalized spacial score (nSPS) is 10.4. The highest BCUT2D eigenvalue weighted by Crippen LogP contribution is 2.14. The standard InChI is InChI=1S/C12H11ClFN3O/c13-12-16-6-10(14)11(17-12)15-5-8-2-1-3-9(4-8)7-18/h1-4,6,18H,5,7H2,(H,15,16,17). The lowest BCUT2D eigenvalue weighted by molar-refractivity contribution is 0.281. The molecule has 0 aliphatic heterocycles. The molecule has 0 saturated carbocycles. The average molecular weight is 268 g/mol. The Bertz CT molecular complexity index is 551. The van der Waals surface area contributed by atoms with Crippen molar-refractivity contribution in [3.05, 3.63) is 52.7 Å². The third kappa shape index (κ3) is 3.15. The second-order valence-corrected chi connectivity index (χ2v) is 4.01. The molecule has 0 aliphatic rings. The smallest absolute Gasteiger partial charge is 0.224 e. The predicted molar refractivity (Wildman–Crippen MR) is 66.7 cm³/mol. The summed E-state index contributed by atoms with van der Waals surface area (Å²) in [7, 11) is 0. The second kappa shape index (κ2) is 5.75. The van der Waals surface area contributed by atoms with Crippen molar-refractivity contribution >= 4 is 17.4 Å². The van der Waals surface area contributed by atoms with Crippen LogP contribution < -0.4 is 5.32 Å². The summed E-state index contributed by atoms with van der Waals surface area (Å²) in [4.78, 5) is 7.28. The zero-order chi connectivity index (χ0) is 13.0. The molecule has 0 atom stereocenters. The molecule has 0 bridgehead atoms. The van der Waals surface area contributed by atoms with Crippen LogP contribution in [0.25, 0.3) is 0 Å². The highest BCUT2D eigenvalue weighted by molar-refractivity contribution is 6.28. The third-order valence-electron chi connectivity index (χ3n) is 2.35. The summed E-state index contributed by atoms with van der Waals surface area (Å²) in [5.41, 5.74) is 1.71. The molecule has 0 radical (unpaired) electrons. The first kappa shape index (κ1) is 12.7. The number of benzene rings is 1. The topological polar surface area (TPSA) is 58.0 Å². The SMILES string of the molecule is OCc1cccc(CNc2nc(Cl)ncc2F)c1. The Morgan fingerprint density at radius 3 is 2.89 bits per heavy atom. The van der Waals surface area contributed by atoms with Crippen LogP contribution in [0.1, 0.15) is 11.1 Å². The molecule has 1 aromatic carbocycles. The molecule has 2 N–H and O–H groups in total. The van der Waals surface area contributed by atoms with Gasteiger partial charge in [0.05, 0.1) is 12.8 Å². The third-order valence-corrected chi connectivity index (χ3v) is 2.53. The molecule has 0 amide bonds. The molecule has 18 heavy (non-hydrogen) atoms. The van der Waals surface area contributed by atoms with Gasteiger partial charge >= 0.3 is 0 Å². The minimum Gasteiger partial charge on any atom is -0.392 e. The fourth-order valence-electron chi connectivity index (χ4n) is 1.49. The van der Waals surface area contributed by atoms with Crippen LogP contribution >= 0.6 is 11.6 Å². The van der Waals surface area contributed by atoms with Gasteiger partial charge in [-0.25, -0.2) is 9.37 Å². The average Bonchev–Trinajstić information content (AvgIpc) is 2.40. The van der Waals surface area contributed by atoms with Crippen molar-refractivity contribution in [2.24, 2.45) is 0 Å². The minimum absolute atomic E-state index is 0.0111. The van der Waals surface area contributed by atoms with E-state index < -0.39 is 5.82 Å². The lowest BCUT2D eigenvalue weighted by Gasteiger charge is -2.07. The van der Waals surface area contributed by atoms with Gasteiger partial charge in [0.25, 0.3) is 0 Å². The van der Waals surface area contributed by atoms with E-state index >= 15 is 0 Å². The largest absolute Gasteiger partial charge is 0.392 e. The number of rotatable bonds is 4. The maximum Gasteiger partial charge on any atom is 0.224 e. The Morgan fingerprint density at radius 1 is 1.33 bits per heavy atom. The number of hydrogen-bond donors (Lipinski definition) is 2. The monoisotopic (exact) mass is 267 g/mol. The number of nitrogens with zero attached hydrogens (tertiary/aromatic N) is 2. The van der Waals surface area contributed by atoms with Gasteiger partial charge in [0.15, 0.2) is 11.6 Å². The van der Waals surface area contributed by atoms with Gasteiger partial charge in [0, 0.05) is 6.54 Å². The highest BCUT2D eigenvalue weighted by Gasteiger charge is 2.05. The van der Waals surface area contributed by atoms with Gasteiger partial charge in [-0.2, -0.15) is 4.98 Å². The Labute approximate surface area is 108 Å². The molecule has 4 nitrogen and oxygen atoms in total. The van der Waals surface area contributed by atoms with Gasteiger partial charge in [-0.1, -0.05) is 24.3 Å². The van der Waals surface area contributed by atoms with Crippen molar-refractivity contribution in [2.75, 3.05) is 5.32 Å². The summed E-state index contributed by atoms with van der Waals surface area (Å²) in [5.74, 6) is -0.498. The molecule has 0 unspecified atom stereocenters. The molecule has 1 aromatic heterocycles. The molecular formula is C12H11ClFN3O. The highest BCUT2D eigenvalue weighted by atomic mass is 35.5. The summed E-state index contributed by atoms with van der Waals surface area (Å²) < 4.78 is 13.3. The van der Waals surface area contributed by atoms with Crippen molar-refractivity contribution in [3.8, 4) is 0 Å². The van der Waals surface area contributed by atoms with Gasteiger partial charge < -0.3 is 10.4 Å². The van der Waals surface area contributed by atoms with Crippen molar-refractivity contribution in [1.29, 1.82) is 0 Å². The molecule has 0 saturated heterocycles. The van der Waals surface area contributed by atoms with E-state index in [2.05, 4.69) is 15.3 Å². The molecule has 1 heterocycles. The van der Waals surface area contributed by atoms with Gasteiger partial charge in [0.2, 0.25) is 5.28 Å². The Morgan fingerprint density at radius 2 is 2.11 bits per heavy atom. The quantitative estimate of drug-likeness (QED) is 0.835. The van der Waals surface area contributed by atoms with Crippen LogP contribution in [0.4, 0.5) is 10.2 Å². The molecule has 0 spiro atoms. The molecule has 6 heteroatoms. The van der Waals surface area contributed by atoms with E-state index in [9.17, 15) is 4.39 Å². The maximum atomic E-state index is 13.3. The fourth-order valence-corrected chi connectivity index (χ4v) is 1.63. The van der Waals surface area contributed by atoms with Crippen molar-refractivity contribution < 1.29 is 9.50 Å². The zero-order valence-corrected chi connectivity index (χ0v) is 10.2.